The Morgan fingerprint density at radius 1 is 1.31 bits per heavy atom. The molecule has 4 nitrogen and oxygen atoms in total. The standard InChI is InChI=1S/C12H16O4/c1-4-6-8-15-12(14)10(3)9-16-11(13)7-5-2/h3-4,6,8-9H2,1-2H3. The molecule has 0 heterocycles. The lowest BCUT2D eigenvalue weighted by Crippen LogP contribution is -2.14. The highest BCUT2D eigenvalue weighted by Crippen LogP contribution is 1.98. The van der Waals surface area contributed by atoms with Crippen molar-refractivity contribution in [3.05, 3.63) is 12.2 Å². The number of carbonyl (C=O) groups is 2. The van der Waals surface area contributed by atoms with Crippen LogP contribution in [0.1, 0.15) is 26.7 Å². The van der Waals surface area contributed by atoms with Crippen LogP contribution in [-0.2, 0) is 19.1 Å². The van der Waals surface area contributed by atoms with Gasteiger partial charge < -0.3 is 9.47 Å². The van der Waals surface area contributed by atoms with Gasteiger partial charge in [0.25, 0.3) is 0 Å². The molecule has 0 aliphatic heterocycles. The second kappa shape index (κ2) is 8.54. The Bertz CT molecular complexity index is 320. The molecule has 0 unspecified atom stereocenters. The van der Waals surface area contributed by atoms with Crippen molar-refractivity contribution in [1.82, 2.24) is 0 Å². The fraction of sp³-hybridized carbons (Fsp3) is 0.500. The lowest BCUT2D eigenvalue weighted by Gasteiger charge is -2.05. The highest BCUT2D eigenvalue weighted by Gasteiger charge is 2.10. The summed E-state index contributed by atoms with van der Waals surface area (Å²) in [7, 11) is 0. The molecule has 0 spiro atoms. The van der Waals surface area contributed by atoms with Crippen LogP contribution in [0.3, 0.4) is 0 Å². The number of esters is 2. The lowest BCUT2D eigenvalue weighted by atomic mass is 10.3. The molecule has 0 aliphatic rings. The maximum absolute atomic E-state index is 11.2. The zero-order valence-electron chi connectivity index (χ0n) is 9.67. The summed E-state index contributed by atoms with van der Waals surface area (Å²) in [6, 6.07) is 0. The third kappa shape index (κ3) is 6.66. The number of ether oxygens (including phenoxy) is 2. The van der Waals surface area contributed by atoms with Crippen molar-refractivity contribution >= 4 is 11.9 Å². The van der Waals surface area contributed by atoms with Crippen molar-refractivity contribution in [2.45, 2.75) is 26.7 Å². The summed E-state index contributed by atoms with van der Waals surface area (Å²) in [5, 5.41) is 0. The fourth-order valence-corrected chi connectivity index (χ4v) is 0.761. The summed E-state index contributed by atoms with van der Waals surface area (Å²) in [5.41, 5.74) is 0.113. The molecule has 0 fully saturated rings. The average Bonchev–Trinajstić information content (AvgIpc) is 2.26. The molecule has 0 aromatic heterocycles. The fourth-order valence-electron chi connectivity index (χ4n) is 0.761. The maximum atomic E-state index is 11.2. The Kier molecular flexibility index (Phi) is 7.60. The van der Waals surface area contributed by atoms with Gasteiger partial charge in [-0.25, -0.2) is 9.59 Å². The molecule has 0 aliphatic carbocycles. The van der Waals surface area contributed by atoms with E-state index in [2.05, 4.69) is 23.2 Å². The number of rotatable bonds is 6. The molecule has 88 valence electrons. The third-order valence-electron chi connectivity index (χ3n) is 1.62. The van der Waals surface area contributed by atoms with Crippen molar-refractivity contribution in [3.8, 4) is 11.8 Å². The van der Waals surface area contributed by atoms with Gasteiger partial charge in [0, 0.05) is 5.92 Å². The predicted octanol–water partition coefficient (Wildman–Crippen LogP) is 1.45. The number of unbranched alkanes of at least 4 members (excludes halogenated alkanes) is 1. The van der Waals surface area contributed by atoms with E-state index in [-0.39, 0.29) is 12.2 Å². The Hall–Kier alpha value is -1.76. The third-order valence-corrected chi connectivity index (χ3v) is 1.62. The molecule has 0 saturated heterocycles. The van der Waals surface area contributed by atoms with Crippen molar-refractivity contribution in [1.29, 1.82) is 0 Å². The van der Waals surface area contributed by atoms with Gasteiger partial charge in [-0.2, -0.15) is 0 Å². The zero-order valence-corrected chi connectivity index (χ0v) is 9.67. The minimum Gasteiger partial charge on any atom is -0.462 e. The minimum absolute atomic E-state index is 0.113. The van der Waals surface area contributed by atoms with Crippen LogP contribution in [0.15, 0.2) is 12.2 Å². The summed E-state index contributed by atoms with van der Waals surface area (Å²) in [6.07, 6.45) is 1.75. The van der Waals surface area contributed by atoms with E-state index in [1.54, 1.807) is 0 Å². The number of carbonyl (C=O) groups excluding carboxylic acids is 2. The van der Waals surface area contributed by atoms with Gasteiger partial charge in [-0.05, 0) is 13.3 Å². The topological polar surface area (TPSA) is 52.6 Å². The van der Waals surface area contributed by atoms with Crippen LogP contribution < -0.4 is 0 Å². The number of hydrogen-bond donors (Lipinski definition) is 0. The van der Waals surface area contributed by atoms with Crippen molar-refractivity contribution in [3.63, 3.8) is 0 Å². The summed E-state index contributed by atoms with van der Waals surface area (Å²) in [6.45, 7) is 7.16. The van der Waals surface area contributed by atoms with E-state index in [1.165, 1.54) is 6.92 Å². The van der Waals surface area contributed by atoms with Gasteiger partial charge in [0.2, 0.25) is 0 Å². The Morgan fingerprint density at radius 2 is 2.00 bits per heavy atom. The summed E-state index contributed by atoms with van der Waals surface area (Å²) < 4.78 is 9.53. The Morgan fingerprint density at radius 3 is 2.56 bits per heavy atom. The molecular weight excluding hydrogens is 208 g/mol. The summed E-state index contributed by atoms with van der Waals surface area (Å²) in [5.74, 6) is 3.37. The van der Waals surface area contributed by atoms with Gasteiger partial charge in [-0.15, -0.1) is 0 Å². The van der Waals surface area contributed by atoms with Crippen LogP contribution in [0.25, 0.3) is 0 Å². The zero-order chi connectivity index (χ0) is 12.4. The quantitative estimate of drug-likeness (QED) is 0.225. The molecule has 0 N–H and O–H groups in total. The van der Waals surface area contributed by atoms with E-state index in [1.807, 2.05) is 6.92 Å². The second-order valence-electron chi connectivity index (χ2n) is 3.04. The van der Waals surface area contributed by atoms with E-state index in [0.29, 0.717) is 6.61 Å². The number of hydrogen-bond acceptors (Lipinski definition) is 4. The van der Waals surface area contributed by atoms with Gasteiger partial charge in [-0.1, -0.05) is 25.8 Å². The smallest absolute Gasteiger partial charge is 0.384 e. The molecule has 0 amide bonds. The first-order valence-electron chi connectivity index (χ1n) is 5.06. The molecule has 0 saturated carbocycles. The van der Waals surface area contributed by atoms with E-state index >= 15 is 0 Å². The van der Waals surface area contributed by atoms with Crippen LogP contribution >= 0.6 is 0 Å². The molecule has 16 heavy (non-hydrogen) atoms. The molecule has 0 bridgehead atoms. The van der Waals surface area contributed by atoms with E-state index < -0.39 is 11.9 Å². The molecule has 0 rings (SSSR count). The lowest BCUT2D eigenvalue weighted by molar-refractivity contribution is -0.141. The van der Waals surface area contributed by atoms with Gasteiger partial charge in [0.15, 0.2) is 0 Å². The van der Waals surface area contributed by atoms with Crippen molar-refractivity contribution in [2.75, 3.05) is 13.2 Å². The van der Waals surface area contributed by atoms with Crippen LogP contribution in [0.4, 0.5) is 0 Å². The van der Waals surface area contributed by atoms with Crippen LogP contribution in [0, 0.1) is 11.8 Å². The largest absolute Gasteiger partial charge is 0.462 e. The molecule has 0 aromatic rings. The van der Waals surface area contributed by atoms with E-state index in [0.717, 1.165) is 12.8 Å². The molecule has 0 aromatic carbocycles. The van der Waals surface area contributed by atoms with Crippen LogP contribution in [0.5, 0.6) is 0 Å². The highest BCUT2D eigenvalue weighted by molar-refractivity contribution is 5.91. The van der Waals surface area contributed by atoms with Crippen LogP contribution in [0.2, 0.25) is 0 Å². The SMILES string of the molecule is C=C(COC(=O)C#CC)C(=O)OCCCC. The molecule has 0 atom stereocenters. The first-order chi connectivity index (χ1) is 7.61. The second-order valence-corrected chi connectivity index (χ2v) is 3.04. The average molecular weight is 224 g/mol. The van der Waals surface area contributed by atoms with Gasteiger partial charge in [0.1, 0.15) is 6.61 Å². The Labute approximate surface area is 95.6 Å². The molecule has 0 radical (unpaired) electrons. The first kappa shape index (κ1) is 14.2. The summed E-state index contributed by atoms with van der Waals surface area (Å²) in [4.78, 5) is 22.1. The van der Waals surface area contributed by atoms with Gasteiger partial charge in [0.05, 0.1) is 12.2 Å². The van der Waals surface area contributed by atoms with Gasteiger partial charge >= 0.3 is 11.9 Å². The monoisotopic (exact) mass is 224 g/mol. The van der Waals surface area contributed by atoms with E-state index in [4.69, 9.17) is 4.74 Å². The molecular formula is C12H16O4. The van der Waals surface area contributed by atoms with Crippen molar-refractivity contribution in [2.24, 2.45) is 0 Å². The first-order valence-corrected chi connectivity index (χ1v) is 5.06. The van der Waals surface area contributed by atoms with Crippen LogP contribution in [-0.4, -0.2) is 25.2 Å². The van der Waals surface area contributed by atoms with Gasteiger partial charge in [-0.3, -0.25) is 0 Å². The normalized spacial score (nSPS) is 8.62. The predicted molar refractivity (Wildman–Crippen MR) is 59.4 cm³/mol. The maximum Gasteiger partial charge on any atom is 0.384 e. The molecule has 4 heteroatoms. The minimum atomic E-state index is -0.676. The summed E-state index contributed by atoms with van der Waals surface area (Å²) >= 11 is 0. The van der Waals surface area contributed by atoms with Crippen molar-refractivity contribution < 1.29 is 19.1 Å². The Balaban J connectivity index is 3.82. The highest BCUT2D eigenvalue weighted by atomic mass is 16.5. The van der Waals surface area contributed by atoms with E-state index in [9.17, 15) is 9.59 Å².